The zero-order valence-corrected chi connectivity index (χ0v) is 20.1. The van der Waals surface area contributed by atoms with Gasteiger partial charge in [-0.3, -0.25) is 4.90 Å². The van der Waals surface area contributed by atoms with Gasteiger partial charge in [0.1, 0.15) is 5.75 Å². The Kier molecular flexibility index (Phi) is 6.68. The van der Waals surface area contributed by atoms with Gasteiger partial charge in [-0.05, 0) is 72.8 Å². The Morgan fingerprint density at radius 1 is 0.886 bits per heavy atom. The summed E-state index contributed by atoms with van der Waals surface area (Å²) in [4.78, 5) is 11.7. The number of aromatic nitrogens is 2. The Labute approximate surface area is 206 Å². The molecule has 0 unspecified atom stereocenters. The number of hydrogen-bond donors (Lipinski definition) is 3. The summed E-state index contributed by atoms with van der Waals surface area (Å²) in [5, 5.41) is 4.16. The van der Waals surface area contributed by atoms with Crippen LogP contribution in [0.25, 0.3) is 11.0 Å². The fourth-order valence-electron chi connectivity index (χ4n) is 4.69. The second-order valence-electron chi connectivity index (χ2n) is 9.13. The highest BCUT2D eigenvalue weighted by atomic mass is 16.5. The first-order valence-corrected chi connectivity index (χ1v) is 12.1. The van der Waals surface area contributed by atoms with E-state index in [0.717, 1.165) is 34.4 Å². The summed E-state index contributed by atoms with van der Waals surface area (Å²) < 4.78 is 5.26. The smallest absolute Gasteiger partial charge is 0.164 e. The quantitative estimate of drug-likeness (QED) is 0.347. The van der Waals surface area contributed by atoms with E-state index in [-0.39, 0.29) is 0 Å². The molecule has 0 amide bonds. The molecule has 5 rings (SSSR count). The predicted octanol–water partition coefficient (Wildman–Crippen LogP) is 4.60. The molecule has 3 heterocycles. The monoisotopic (exact) mass is 468 g/mol. The van der Waals surface area contributed by atoms with Gasteiger partial charge >= 0.3 is 0 Å². The molecule has 1 aliphatic rings. The molecule has 180 valence electrons. The van der Waals surface area contributed by atoms with Gasteiger partial charge in [0.25, 0.3) is 0 Å². The third-order valence-electron chi connectivity index (χ3n) is 6.69. The number of benzene rings is 2. The summed E-state index contributed by atoms with van der Waals surface area (Å²) >= 11 is 0. The van der Waals surface area contributed by atoms with Crippen LogP contribution in [0, 0.1) is 0 Å². The van der Waals surface area contributed by atoms with E-state index >= 15 is 0 Å². The minimum Gasteiger partial charge on any atom is -0.497 e. The van der Waals surface area contributed by atoms with Gasteiger partial charge in [-0.15, -0.1) is 0 Å². The van der Waals surface area contributed by atoms with Crippen LogP contribution < -0.4 is 21.5 Å². The lowest BCUT2D eigenvalue weighted by Gasteiger charge is -2.16. The molecule has 0 radical (unpaired) electrons. The number of methoxy groups -OCH3 is 1. The predicted molar refractivity (Wildman–Crippen MR) is 142 cm³/mol. The number of pyridine rings is 2. The first kappa shape index (κ1) is 22.9. The summed E-state index contributed by atoms with van der Waals surface area (Å²) in [6, 6.07) is 18.7. The maximum Gasteiger partial charge on any atom is 0.164 e. The summed E-state index contributed by atoms with van der Waals surface area (Å²) in [5.74, 6) is 1.39. The summed E-state index contributed by atoms with van der Waals surface area (Å²) in [6.45, 7) is 4.03. The highest BCUT2D eigenvalue weighted by Gasteiger charge is 2.15. The van der Waals surface area contributed by atoms with Crippen molar-refractivity contribution < 1.29 is 4.74 Å². The van der Waals surface area contributed by atoms with Gasteiger partial charge in [0.2, 0.25) is 0 Å². The Balaban J connectivity index is 1.32. The van der Waals surface area contributed by atoms with Crippen molar-refractivity contribution in [1.29, 1.82) is 0 Å². The first-order chi connectivity index (χ1) is 17.1. The normalized spacial score (nSPS) is 13.9. The van der Waals surface area contributed by atoms with E-state index < -0.39 is 0 Å². The molecule has 1 saturated heterocycles. The van der Waals surface area contributed by atoms with Crippen molar-refractivity contribution in [2.24, 2.45) is 0 Å². The molecule has 2 aromatic heterocycles. The number of likely N-dealkylation sites (tertiary alicyclic amines) is 1. The van der Waals surface area contributed by atoms with E-state index in [1.807, 2.05) is 30.3 Å². The van der Waals surface area contributed by atoms with Crippen LogP contribution in [0.1, 0.15) is 35.1 Å². The lowest BCUT2D eigenvalue weighted by molar-refractivity contribution is 0.331. The maximum absolute atomic E-state index is 6.52. The number of nitrogens with zero attached hydrogens (tertiary/aromatic N) is 3. The van der Waals surface area contributed by atoms with Gasteiger partial charge in [0.05, 0.1) is 18.5 Å². The van der Waals surface area contributed by atoms with Crippen molar-refractivity contribution in [1.82, 2.24) is 14.9 Å². The van der Waals surface area contributed by atoms with Gasteiger partial charge in [0, 0.05) is 24.7 Å². The van der Waals surface area contributed by atoms with Gasteiger partial charge in [-0.2, -0.15) is 0 Å². The molecule has 0 atom stereocenters. The zero-order chi connectivity index (χ0) is 24.2. The average Bonchev–Trinajstić information content (AvgIpc) is 3.40. The molecular formula is C28H32N6O. The second kappa shape index (κ2) is 10.2. The lowest BCUT2D eigenvalue weighted by Crippen LogP contribution is -2.18. The van der Waals surface area contributed by atoms with Crippen LogP contribution in [-0.2, 0) is 19.5 Å². The molecular weight excluding hydrogens is 436 g/mol. The van der Waals surface area contributed by atoms with Crippen molar-refractivity contribution in [3.63, 3.8) is 0 Å². The molecule has 7 heteroatoms. The van der Waals surface area contributed by atoms with E-state index in [9.17, 15) is 0 Å². The van der Waals surface area contributed by atoms with Crippen molar-refractivity contribution in [2.45, 2.75) is 32.4 Å². The maximum atomic E-state index is 6.52. The van der Waals surface area contributed by atoms with Gasteiger partial charge in [-0.1, -0.05) is 36.4 Å². The summed E-state index contributed by atoms with van der Waals surface area (Å²) in [6.07, 6.45) is 5.09. The average molecular weight is 469 g/mol. The van der Waals surface area contributed by atoms with E-state index in [2.05, 4.69) is 39.5 Å². The van der Waals surface area contributed by atoms with Gasteiger partial charge < -0.3 is 21.5 Å². The van der Waals surface area contributed by atoms with Crippen LogP contribution in [-0.4, -0.2) is 35.1 Å². The SMILES string of the molecule is COc1ccc(Cc2ccnc3nc(NCc4ccc(CN5CCCC5)cc4)c(N)c(N)c23)cc1. The van der Waals surface area contributed by atoms with E-state index in [1.54, 1.807) is 13.3 Å². The van der Waals surface area contributed by atoms with E-state index in [0.29, 0.717) is 35.8 Å². The fraction of sp³-hybridized carbons (Fsp3) is 0.286. The van der Waals surface area contributed by atoms with Crippen LogP contribution in [0.15, 0.2) is 60.8 Å². The third kappa shape index (κ3) is 5.15. The molecule has 1 fully saturated rings. The van der Waals surface area contributed by atoms with Crippen LogP contribution >= 0.6 is 0 Å². The summed E-state index contributed by atoms with van der Waals surface area (Å²) in [5.41, 5.74) is 19.2. The first-order valence-electron chi connectivity index (χ1n) is 12.1. The molecule has 7 nitrogen and oxygen atoms in total. The second-order valence-corrected chi connectivity index (χ2v) is 9.13. The fourth-order valence-corrected chi connectivity index (χ4v) is 4.69. The molecule has 5 N–H and O–H groups in total. The molecule has 0 bridgehead atoms. The molecule has 0 saturated carbocycles. The number of nitrogens with one attached hydrogen (secondary N) is 1. The number of ether oxygens (including phenoxy) is 1. The number of rotatable bonds is 8. The van der Waals surface area contributed by atoms with Crippen molar-refractivity contribution in [3.05, 3.63) is 83.0 Å². The Morgan fingerprint density at radius 3 is 2.29 bits per heavy atom. The molecule has 2 aromatic carbocycles. The Hall–Kier alpha value is -3.84. The highest BCUT2D eigenvalue weighted by Crippen LogP contribution is 2.33. The Bertz CT molecular complexity index is 1300. The molecule has 0 aliphatic carbocycles. The lowest BCUT2D eigenvalue weighted by atomic mass is 10.0. The van der Waals surface area contributed by atoms with Crippen LogP contribution in [0.2, 0.25) is 0 Å². The van der Waals surface area contributed by atoms with Crippen LogP contribution in [0.5, 0.6) is 5.75 Å². The van der Waals surface area contributed by atoms with Crippen molar-refractivity contribution in [3.8, 4) is 5.75 Å². The topological polar surface area (TPSA) is 102 Å². The van der Waals surface area contributed by atoms with E-state index in [1.165, 1.54) is 31.5 Å². The minimum atomic E-state index is 0.451. The van der Waals surface area contributed by atoms with E-state index in [4.69, 9.17) is 21.2 Å². The third-order valence-corrected chi connectivity index (χ3v) is 6.69. The minimum absolute atomic E-state index is 0.451. The largest absolute Gasteiger partial charge is 0.497 e. The number of nitrogen functional groups attached to an aromatic ring is 2. The Morgan fingerprint density at radius 2 is 1.57 bits per heavy atom. The van der Waals surface area contributed by atoms with Crippen LogP contribution in [0.4, 0.5) is 17.2 Å². The summed E-state index contributed by atoms with van der Waals surface area (Å²) in [7, 11) is 1.66. The molecule has 35 heavy (non-hydrogen) atoms. The van der Waals surface area contributed by atoms with Gasteiger partial charge in [-0.25, -0.2) is 9.97 Å². The molecule has 1 aliphatic heterocycles. The molecule has 4 aromatic rings. The standard InChI is InChI=1S/C28H32N6O/c1-35-23-10-8-19(9-11-23)16-22-12-13-31-27-24(22)25(29)26(30)28(33-27)32-17-20-4-6-21(7-5-20)18-34-14-2-3-15-34/h4-13H,2-3,14-18,30H2,1H3,(H3,29,31,32,33). The van der Waals surface area contributed by atoms with Crippen molar-refractivity contribution in [2.75, 3.05) is 37.0 Å². The number of anilines is 3. The van der Waals surface area contributed by atoms with Crippen LogP contribution in [0.3, 0.4) is 0 Å². The zero-order valence-electron chi connectivity index (χ0n) is 20.1. The highest BCUT2D eigenvalue weighted by molar-refractivity contribution is 6.00. The number of fused-ring (bicyclic) bond motifs is 1. The number of hydrogen-bond acceptors (Lipinski definition) is 7. The number of nitrogens with two attached hydrogens (primary N) is 2. The van der Waals surface area contributed by atoms with Gasteiger partial charge in [0.15, 0.2) is 11.5 Å². The molecule has 0 spiro atoms. The van der Waals surface area contributed by atoms with Crippen molar-refractivity contribution >= 4 is 28.2 Å².